The monoisotopic (exact) mass is 368 g/mol. The van der Waals surface area contributed by atoms with Gasteiger partial charge in [0.15, 0.2) is 0 Å². The van der Waals surface area contributed by atoms with Gasteiger partial charge in [0.05, 0.1) is 23.1 Å². The zero-order valence-corrected chi connectivity index (χ0v) is 14.3. The Morgan fingerprint density at radius 2 is 2.09 bits per heavy atom. The predicted molar refractivity (Wildman–Crippen MR) is 87.3 cm³/mol. The molecule has 22 heavy (non-hydrogen) atoms. The van der Waals surface area contributed by atoms with E-state index in [2.05, 4.69) is 21.2 Å². The number of halogens is 2. The Labute approximate surface area is 137 Å². The SMILES string of the molecule is CC(C)(C)OC(=O)N1CC2(C=Cc3cc(F)c(Br)cc3N2)C1. The van der Waals surface area contributed by atoms with Crippen LogP contribution in [-0.2, 0) is 4.74 Å². The lowest BCUT2D eigenvalue weighted by molar-refractivity contribution is 0.00264. The van der Waals surface area contributed by atoms with Crippen LogP contribution in [0.5, 0.6) is 0 Å². The number of carbonyl (C=O) groups is 1. The number of benzene rings is 1. The fraction of sp³-hybridized carbons (Fsp3) is 0.438. The Balaban J connectivity index is 1.70. The number of anilines is 1. The van der Waals surface area contributed by atoms with Gasteiger partial charge in [-0.15, -0.1) is 0 Å². The first-order valence-electron chi connectivity index (χ1n) is 7.12. The molecule has 1 aromatic carbocycles. The third kappa shape index (κ3) is 2.84. The average Bonchev–Trinajstić information content (AvgIpc) is 2.35. The predicted octanol–water partition coefficient (Wildman–Crippen LogP) is 4.02. The number of rotatable bonds is 0. The molecule has 2 aliphatic heterocycles. The molecule has 0 bridgehead atoms. The second kappa shape index (κ2) is 4.98. The molecule has 1 aromatic rings. The van der Waals surface area contributed by atoms with Crippen LogP contribution >= 0.6 is 15.9 Å². The van der Waals surface area contributed by atoms with E-state index in [1.54, 1.807) is 11.0 Å². The lowest BCUT2D eigenvalue weighted by Crippen LogP contribution is -2.67. The maximum atomic E-state index is 13.5. The van der Waals surface area contributed by atoms with Gasteiger partial charge in [0, 0.05) is 11.3 Å². The molecule has 2 aliphatic rings. The minimum Gasteiger partial charge on any atom is -0.444 e. The molecule has 3 rings (SSSR count). The van der Waals surface area contributed by atoms with Crippen molar-refractivity contribution in [3.8, 4) is 0 Å². The largest absolute Gasteiger partial charge is 0.444 e. The van der Waals surface area contributed by atoms with Crippen LogP contribution in [-0.4, -0.2) is 35.2 Å². The summed E-state index contributed by atoms with van der Waals surface area (Å²) in [7, 11) is 0. The zero-order chi connectivity index (χ0) is 16.1. The standard InChI is InChI=1S/C16H18BrFN2O2/c1-15(2,3)22-14(21)20-8-16(9-20)5-4-10-6-12(18)11(17)7-13(10)19-16/h4-7,19H,8-9H2,1-3H3. The second-order valence-corrected chi connectivity index (χ2v) is 7.66. The summed E-state index contributed by atoms with van der Waals surface area (Å²) in [4.78, 5) is 13.7. The number of nitrogens with zero attached hydrogens (tertiary/aromatic N) is 1. The van der Waals surface area contributed by atoms with Crippen LogP contribution in [0.2, 0.25) is 0 Å². The van der Waals surface area contributed by atoms with Gasteiger partial charge in [-0.25, -0.2) is 9.18 Å². The summed E-state index contributed by atoms with van der Waals surface area (Å²) >= 11 is 3.20. The number of hydrogen-bond acceptors (Lipinski definition) is 3. The first-order chi connectivity index (χ1) is 10.2. The van der Waals surface area contributed by atoms with Gasteiger partial charge < -0.3 is 15.0 Å². The maximum absolute atomic E-state index is 13.5. The van der Waals surface area contributed by atoms with Crippen LogP contribution in [0.1, 0.15) is 26.3 Å². The number of likely N-dealkylation sites (tertiary alicyclic amines) is 1. The normalized spacial score (nSPS) is 18.5. The van der Waals surface area contributed by atoms with E-state index in [-0.39, 0.29) is 17.4 Å². The summed E-state index contributed by atoms with van der Waals surface area (Å²) in [5.41, 5.74) is 0.882. The number of fused-ring (bicyclic) bond motifs is 1. The van der Waals surface area contributed by atoms with Crippen molar-refractivity contribution in [1.29, 1.82) is 0 Å². The third-order valence-corrected chi connectivity index (χ3v) is 4.26. The van der Waals surface area contributed by atoms with Crippen LogP contribution in [0.15, 0.2) is 22.7 Å². The minimum atomic E-state index is -0.495. The van der Waals surface area contributed by atoms with Gasteiger partial charge in [-0.1, -0.05) is 12.2 Å². The molecule has 1 amide bonds. The number of hydrogen-bond donors (Lipinski definition) is 1. The van der Waals surface area contributed by atoms with E-state index in [9.17, 15) is 9.18 Å². The van der Waals surface area contributed by atoms with E-state index in [1.807, 2.05) is 32.9 Å². The Bertz CT molecular complexity index is 661. The van der Waals surface area contributed by atoms with Crippen molar-refractivity contribution in [3.05, 3.63) is 34.1 Å². The molecule has 0 atom stereocenters. The fourth-order valence-electron chi connectivity index (χ4n) is 2.64. The van der Waals surface area contributed by atoms with Crippen LogP contribution in [0.25, 0.3) is 6.08 Å². The zero-order valence-electron chi connectivity index (χ0n) is 12.7. The minimum absolute atomic E-state index is 0.287. The lowest BCUT2D eigenvalue weighted by Gasteiger charge is -2.50. The van der Waals surface area contributed by atoms with Crippen LogP contribution in [0, 0.1) is 5.82 Å². The Kier molecular flexibility index (Phi) is 3.47. The molecule has 118 valence electrons. The van der Waals surface area contributed by atoms with E-state index in [4.69, 9.17) is 4.74 Å². The molecular formula is C16H18BrFN2O2. The van der Waals surface area contributed by atoms with Crippen molar-refractivity contribution in [2.24, 2.45) is 0 Å². The molecule has 2 heterocycles. The Hall–Kier alpha value is -1.56. The third-order valence-electron chi connectivity index (χ3n) is 3.66. The highest BCUT2D eigenvalue weighted by atomic mass is 79.9. The number of carbonyl (C=O) groups excluding carboxylic acids is 1. The molecule has 0 aliphatic carbocycles. The number of amides is 1. The topological polar surface area (TPSA) is 41.6 Å². The summed E-state index contributed by atoms with van der Waals surface area (Å²) in [5.74, 6) is -0.287. The molecule has 1 spiro atoms. The van der Waals surface area contributed by atoms with Gasteiger partial charge in [0.25, 0.3) is 0 Å². The van der Waals surface area contributed by atoms with E-state index in [1.165, 1.54) is 6.07 Å². The van der Waals surface area contributed by atoms with Crippen molar-refractivity contribution in [3.63, 3.8) is 0 Å². The highest BCUT2D eigenvalue weighted by Crippen LogP contribution is 2.37. The van der Waals surface area contributed by atoms with Gasteiger partial charge in [-0.05, 0) is 48.8 Å². The molecule has 1 N–H and O–H groups in total. The van der Waals surface area contributed by atoms with Gasteiger partial charge in [-0.3, -0.25) is 0 Å². The molecule has 0 saturated carbocycles. The van der Waals surface area contributed by atoms with Crippen LogP contribution in [0.4, 0.5) is 14.9 Å². The molecule has 6 heteroatoms. The van der Waals surface area contributed by atoms with Crippen LogP contribution in [0.3, 0.4) is 0 Å². The Morgan fingerprint density at radius 1 is 1.41 bits per heavy atom. The van der Waals surface area contributed by atoms with Gasteiger partial charge in [0.1, 0.15) is 11.4 Å². The summed E-state index contributed by atoms with van der Waals surface area (Å²) in [6.45, 7) is 6.62. The van der Waals surface area contributed by atoms with Crippen molar-refractivity contribution >= 4 is 33.8 Å². The number of nitrogens with one attached hydrogen (secondary N) is 1. The van der Waals surface area contributed by atoms with E-state index in [0.29, 0.717) is 17.6 Å². The Morgan fingerprint density at radius 3 is 2.73 bits per heavy atom. The average molecular weight is 369 g/mol. The van der Waals surface area contributed by atoms with Gasteiger partial charge >= 0.3 is 6.09 Å². The number of ether oxygens (including phenoxy) is 1. The van der Waals surface area contributed by atoms with E-state index < -0.39 is 5.60 Å². The molecule has 0 unspecified atom stereocenters. The van der Waals surface area contributed by atoms with Gasteiger partial charge in [-0.2, -0.15) is 0 Å². The molecule has 4 nitrogen and oxygen atoms in total. The van der Waals surface area contributed by atoms with Crippen LogP contribution < -0.4 is 5.32 Å². The van der Waals surface area contributed by atoms with Crippen molar-refractivity contribution in [1.82, 2.24) is 4.90 Å². The quantitative estimate of drug-likeness (QED) is 0.751. The molecule has 0 aromatic heterocycles. The van der Waals surface area contributed by atoms with Crippen molar-refractivity contribution in [2.75, 3.05) is 18.4 Å². The van der Waals surface area contributed by atoms with Gasteiger partial charge in [0.2, 0.25) is 0 Å². The highest BCUT2D eigenvalue weighted by Gasteiger charge is 2.46. The summed E-state index contributed by atoms with van der Waals surface area (Å²) in [5, 5.41) is 3.39. The fourth-order valence-corrected chi connectivity index (χ4v) is 2.99. The summed E-state index contributed by atoms with van der Waals surface area (Å²) in [6.07, 6.45) is 3.58. The second-order valence-electron chi connectivity index (χ2n) is 6.80. The lowest BCUT2D eigenvalue weighted by atomic mass is 9.85. The molecule has 1 fully saturated rings. The molecule has 0 radical (unpaired) electrons. The molecule has 1 saturated heterocycles. The first-order valence-corrected chi connectivity index (χ1v) is 7.91. The smallest absolute Gasteiger partial charge is 0.410 e. The first kappa shape index (κ1) is 15.3. The van der Waals surface area contributed by atoms with Crippen molar-refractivity contribution in [2.45, 2.75) is 31.9 Å². The molecular weight excluding hydrogens is 351 g/mol. The highest BCUT2D eigenvalue weighted by molar-refractivity contribution is 9.10. The summed E-state index contributed by atoms with van der Waals surface area (Å²) < 4.78 is 19.3. The van der Waals surface area contributed by atoms with E-state index >= 15 is 0 Å². The van der Waals surface area contributed by atoms with Crippen molar-refractivity contribution < 1.29 is 13.9 Å². The van der Waals surface area contributed by atoms with E-state index in [0.717, 1.165) is 11.3 Å². The maximum Gasteiger partial charge on any atom is 0.410 e. The summed E-state index contributed by atoms with van der Waals surface area (Å²) in [6, 6.07) is 3.21.